The number of hydrogen-bond acceptors (Lipinski definition) is 3. The van der Waals surface area contributed by atoms with E-state index in [0.717, 1.165) is 22.8 Å². The molecule has 0 radical (unpaired) electrons. The van der Waals surface area contributed by atoms with E-state index in [1.165, 1.54) is 186 Å². The molecule has 4 nitrogen and oxygen atoms in total. The van der Waals surface area contributed by atoms with Crippen LogP contribution in [0.5, 0.6) is 0 Å². The summed E-state index contributed by atoms with van der Waals surface area (Å²) in [5.41, 5.74) is 44.5. The maximum absolute atomic E-state index is 5.83. The summed E-state index contributed by atoms with van der Waals surface area (Å²) in [7, 11) is 55.4. The quantitative estimate of drug-likeness (QED) is 0.166. The van der Waals surface area contributed by atoms with E-state index in [1.54, 1.807) is 0 Å². The lowest BCUT2D eigenvalue weighted by atomic mass is 9.56. The van der Waals surface area contributed by atoms with Gasteiger partial charge in [-0.25, -0.2) is 4.98 Å². The summed E-state index contributed by atoms with van der Waals surface area (Å²) < 4.78 is 2.48. The Morgan fingerprint density at radius 1 is 0.257 bits per heavy atom. The van der Waals surface area contributed by atoms with Gasteiger partial charge in [-0.1, -0.05) is 95.8 Å². The Morgan fingerprint density at radius 3 is 0.971 bits per heavy atom. The van der Waals surface area contributed by atoms with Crippen LogP contribution in [-0.2, 0) is 5.41 Å². The van der Waals surface area contributed by atoms with Crippen LogP contribution >= 0.6 is 0 Å². The van der Waals surface area contributed by atoms with Crippen molar-refractivity contribution in [2.75, 3.05) is 0 Å². The molecule has 9 rings (SSSR count). The third kappa shape index (κ3) is 6.54. The molecule has 2 heterocycles. The minimum Gasteiger partial charge on any atom is -0.279 e. The minimum absolute atomic E-state index is 0.227. The predicted octanol–water partition coefficient (Wildman–Crippen LogP) is -31.5. The first kappa shape index (κ1) is 50.6. The van der Waals surface area contributed by atoms with Gasteiger partial charge in [0, 0.05) is 27.4 Å². The number of hydrogen-bond donors (Lipinski definition) is 0. The standard InChI is InChI=1S/C42H54B24N4/c1-42(2)11-4(14(44)26(56)32(62)24(11)54)3-12(42)25(55)37-7(13(3)43)8-19(49)29(59)35(65)36(66)38(8)70(37)41-68-39(67-40(69-41)10-22(52)30(60)34(64)31(61)23(10)53)9-20(50)15(45)5(16(46)21(9)51)6-17(47)27(57)33(63)28(58)18(6)48/h43-66H2,1-2H3. The second kappa shape index (κ2) is 16.9. The summed E-state index contributed by atoms with van der Waals surface area (Å²) in [5, 5.41) is 2.61. The molecule has 0 fully saturated rings. The largest absolute Gasteiger partial charge is 0.279 e. The molecule has 314 valence electrons. The molecule has 0 bridgehead atoms. The van der Waals surface area contributed by atoms with Crippen LogP contribution < -0.4 is 131 Å². The first-order valence-electron chi connectivity index (χ1n) is 25.8. The van der Waals surface area contributed by atoms with Gasteiger partial charge in [-0.15, -0.1) is 49.2 Å². The van der Waals surface area contributed by atoms with Crippen molar-refractivity contribution in [1.29, 1.82) is 0 Å². The van der Waals surface area contributed by atoms with Crippen LogP contribution in [0.3, 0.4) is 0 Å². The average Bonchev–Trinajstić information content (AvgIpc) is 3.82. The van der Waals surface area contributed by atoms with Crippen molar-refractivity contribution in [1.82, 2.24) is 19.5 Å². The highest BCUT2D eigenvalue weighted by Crippen LogP contribution is 2.46. The van der Waals surface area contributed by atoms with Crippen LogP contribution in [0.2, 0.25) is 0 Å². The topological polar surface area (TPSA) is 43.6 Å². The molecule has 8 aromatic rings. The fourth-order valence-corrected chi connectivity index (χ4v) is 13.8. The zero-order chi connectivity index (χ0) is 51.7. The summed E-state index contributed by atoms with van der Waals surface area (Å²) >= 11 is 0. The van der Waals surface area contributed by atoms with E-state index < -0.39 is 0 Å². The van der Waals surface area contributed by atoms with Crippen LogP contribution in [0.25, 0.3) is 72.8 Å². The summed E-state index contributed by atoms with van der Waals surface area (Å²) in [6.07, 6.45) is 0. The Kier molecular flexibility index (Phi) is 12.2. The Labute approximate surface area is 439 Å². The lowest BCUT2D eigenvalue weighted by Crippen LogP contribution is -2.57. The van der Waals surface area contributed by atoms with Gasteiger partial charge >= 0.3 is 0 Å². The molecule has 28 heteroatoms. The van der Waals surface area contributed by atoms with Crippen molar-refractivity contribution in [3.05, 3.63) is 11.1 Å². The molecule has 0 saturated carbocycles. The van der Waals surface area contributed by atoms with Gasteiger partial charge in [0.15, 0.2) is 11.6 Å². The second-order valence-corrected chi connectivity index (χ2v) is 22.7. The lowest BCUT2D eigenvalue weighted by Gasteiger charge is -2.28. The van der Waals surface area contributed by atoms with Gasteiger partial charge < -0.3 is 0 Å². The SMILES string of the molecule is Bc1c(B)c(B)c(-c2nc(-c3c(B)c(B)c(-c4c(B)c(B)c(B)c(B)c4B)c(B)c3B)nc(-n3c4c(B)c(B)c(B)c(B)c4c4c(B)c5c(c(B)c43)C(C)(C)c3c(B)c(B)c(B)c(B)c3-5)n2)c(B)c1B. The predicted molar refractivity (Wildman–Crippen MR) is 384 cm³/mol. The Hall–Kier alpha value is -4.31. The molecule has 0 unspecified atom stereocenters. The van der Waals surface area contributed by atoms with Crippen LogP contribution in [-0.4, -0.2) is 208 Å². The van der Waals surface area contributed by atoms with Crippen molar-refractivity contribution < 1.29 is 0 Å². The summed E-state index contributed by atoms with van der Waals surface area (Å²) in [6.45, 7) is 4.92. The second-order valence-electron chi connectivity index (χ2n) is 22.7. The molecule has 0 amide bonds. The molecule has 1 aliphatic rings. The van der Waals surface area contributed by atoms with E-state index in [1.807, 2.05) is 0 Å². The zero-order valence-electron chi connectivity index (χ0n) is 47.8. The highest BCUT2D eigenvalue weighted by molar-refractivity contribution is 6.73. The van der Waals surface area contributed by atoms with Crippen molar-refractivity contribution >= 4 is 341 Å². The van der Waals surface area contributed by atoms with Gasteiger partial charge in [0.25, 0.3) is 0 Å². The Balaban J connectivity index is 1.50. The van der Waals surface area contributed by atoms with E-state index in [2.05, 4.69) is 207 Å². The maximum Gasteiger partial charge on any atom is 0.238 e. The lowest BCUT2D eigenvalue weighted by molar-refractivity contribution is 0.670. The fourth-order valence-electron chi connectivity index (χ4n) is 13.8. The third-order valence-corrected chi connectivity index (χ3v) is 19.7. The number of nitrogens with zero attached hydrogens (tertiary/aromatic N) is 4. The summed E-state index contributed by atoms with van der Waals surface area (Å²) in [5.74, 6) is 2.12. The summed E-state index contributed by atoms with van der Waals surface area (Å²) in [4.78, 5) is 17.3. The molecule has 0 saturated heterocycles. The molecular formula is C42H54B24N4. The zero-order valence-corrected chi connectivity index (χ0v) is 47.8. The van der Waals surface area contributed by atoms with Crippen molar-refractivity contribution in [3.8, 4) is 51.0 Å². The van der Waals surface area contributed by atoms with Crippen molar-refractivity contribution in [2.45, 2.75) is 19.3 Å². The fraction of sp³-hybridized carbons (Fsp3) is 0.0714. The smallest absolute Gasteiger partial charge is 0.238 e. The molecule has 0 atom stereocenters. The molecule has 0 aliphatic heterocycles. The van der Waals surface area contributed by atoms with E-state index in [0.29, 0.717) is 5.95 Å². The van der Waals surface area contributed by atoms with Crippen LogP contribution in [0.15, 0.2) is 0 Å². The van der Waals surface area contributed by atoms with Crippen LogP contribution in [0.4, 0.5) is 0 Å². The molecular weight excluding hydrogens is 820 g/mol. The van der Waals surface area contributed by atoms with Gasteiger partial charge in [-0.2, -0.15) is 9.97 Å². The third-order valence-electron chi connectivity index (χ3n) is 19.7. The number of aromatic nitrogens is 4. The highest BCUT2D eigenvalue weighted by Gasteiger charge is 2.42. The normalized spacial score (nSPS) is 12.8. The molecule has 0 spiro atoms. The van der Waals surface area contributed by atoms with Crippen LogP contribution in [0, 0.1) is 0 Å². The Morgan fingerprint density at radius 2 is 0.529 bits per heavy atom. The molecule has 6 aromatic carbocycles. The van der Waals surface area contributed by atoms with E-state index in [4.69, 9.17) is 15.0 Å². The molecule has 70 heavy (non-hydrogen) atoms. The maximum atomic E-state index is 5.83. The van der Waals surface area contributed by atoms with Gasteiger partial charge in [-0.05, 0) is 38.8 Å². The number of rotatable bonds is 4. The van der Waals surface area contributed by atoms with Crippen LogP contribution in [0.1, 0.15) is 25.0 Å². The summed E-state index contributed by atoms with van der Waals surface area (Å²) in [6, 6.07) is 0. The van der Waals surface area contributed by atoms with Gasteiger partial charge in [0.1, 0.15) is 188 Å². The molecule has 0 N–H and O–H groups in total. The van der Waals surface area contributed by atoms with Gasteiger partial charge in [0.05, 0.1) is 5.52 Å². The van der Waals surface area contributed by atoms with Crippen molar-refractivity contribution in [3.63, 3.8) is 0 Å². The highest BCUT2D eigenvalue weighted by atomic mass is 15.2. The van der Waals surface area contributed by atoms with Gasteiger partial charge in [-0.3, -0.25) is 4.57 Å². The average molecular weight is 874 g/mol. The monoisotopic (exact) mass is 879 g/mol. The van der Waals surface area contributed by atoms with Crippen molar-refractivity contribution in [2.24, 2.45) is 0 Å². The molecule has 1 aliphatic carbocycles. The van der Waals surface area contributed by atoms with Gasteiger partial charge in [0.2, 0.25) is 5.95 Å². The molecule has 2 aromatic heterocycles. The van der Waals surface area contributed by atoms with E-state index >= 15 is 0 Å². The Bertz CT molecular complexity index is 3720. The first-order valence-corrected chi connectivity index (χ1v) is 25.8. The van der Waals surface area contributed by atoms with E-state index in [9.17, 15) is 0 Å². The number of benzene rings is 6. The minimum atomic E-state index is -0.227. The van der Waals surface area contributed by atoms with E-state index in [-0.39, 0.29) is 5.41 Å². The first-order chi connectivity index (χ1) is 32.5. The number of fused-ring (bicyclic) bond motifs is 6.